The number of urea groups is 1. The summed E-state index contributed by atoms with van der Waals surface area (Å²) in [4.78, 5) is 20.1. The van der Waals surface area contributed by atoms with Crippen LogP contribution in [0.2, 0.25) is 5.15 Å². The van der Waals surface area contributed by atoms with Gasteiger partial charge in [0, 0.05) is 25.1 Å². The fourth-order valence-corrected chi connectivity index (χ4v) is 2.82. The zero-order valence-electron chi connectivity index (χ0n) is 15.6. The number of hydrogen-bond donors (Lipinski definition) is 3. The van der Waals surface area contributed by atoms with Crippen LogP contribution in [-0.2, 0) is 4.74 Å². The van der Waals surface area contributed by atoms with Gasteiger partial charge in [0.15, 0.2) is 16.9 Å². The van der Waals surface area contributed by atoms with Crippen LogP contribution in [-0.4, -0.2) is 44.0 Å². The van der Waals surface area contributed by atoms with Crippen LogP contribution in [0.5, 0.6) is 0 Å². The Morgan fingerprint density at radius 3 is 2.70 bits per heavy atom. The van der Waals surface area contributed by atoms with Crippen molar-refractivity contribution in [3.8, 4) is 0 Å². The van der Waals surface area contributed by atoms with E-state index in [2.05, 4.69) is 25.7 Å². The molecule has 0 saturated carbocycles. The Bertz CT molecular complexity index is 1070. The van der Waals surface area contributed by atoms with Crippen LogP contribution >= 0.6 is 11.6 Å². The van der Waals surface area contributed by atoms with Gasteiger partial charge in [-0.25, -0.2) is 14.3 Å². The van der Waals surface area contributed by atoms with E-state index in [1.54, 1.807) is 6.92 Å². The Hall–Kier alpha value is -2.96. The molecule has 0 saturated heterocycles. The lowest BCUT2D eigenvalue weighted by Gasteiger charge is -2.17. The van der Waals surface area contributed by atoms with Crippen LogP contribution < -0.4 is 10.6 Å². The zero-order chi connectivity index (χ0) is 22.1. The summed E-state index contributed by atoms with van der Waals surface area (Å²) < 4.78 is 44.8. The maximum atomic E-state index is 12.7. The fourth-order valence-electron chi connectivity index (χ4n) is 2.65. The van der Waals surface area contributed by atoms with Crippen molar-refractivity contribution >= 4 is 34.7 Å². The molecule has 3 N–H and O–H groups in total. The smallest absolute Gasteiger partial charge is 0.378 e. The number of fused-ring (bicyclic) bond motifs is 1. The first-order chi connectivity index (χ1) is 14.1. The number of halogens is 4. The molecule has 3 aromatic heterocycles. The van der Waals surface area contributed by atoms with Crippen molar-refractivity contribution in [2.75, 3.05) is 17.7 Å². The minimum atomic E-state index is -4.88. The molecule has 0 aliphatic rings. The summed E-state index contributed by atoms with van der Waals surface area (Å²) in [5, 5.41) is 18.6. The van der Waals surface area contributed by atoms with Crippen LogP contribution in [0.3, 0.4) is 0 Å². The van der Waals surface area contributed by atoms with E-state index in [1.165, 1.54) is 30.0 Å². The predicted octanol–water partition coefficient (Wildman–Crippen LogP) is 3.72. The third-order valence-corrected chi connectivity index (χ3v) is 4.29. The van der Waals surface area contributed by atoms with E-state index in [0.717, 1.165) is 12.3 Å². The number of aliphatic hydroxyl groups excluding tert-OH is 1. The Kier molecular flexibility index (Phi) is 6.10. The van der Waals surface area contributed by atoms with E-state index >= 15 is 0 Å². The van der Waals surface area contributed by atoms with Gasteiger partial charge in [0.25, 0.3) is 0 Å². The molecule has 0 spiro atoms. The third-order valence-electron chi connectivity index (χ3n) is 4.11. The molecule has 2 amide bonds. The number of pyridine rings is 1. The molecule has 2 atom stereocenters. The number of alkyl halides is 3. The summed E-state index contributed by atoms with van der Waals surface area (Å²) in [6.07, 6.45) is -5.74. The minimum Gasteiger partial charge on any atom is -0.378 e. The largest absolute Gasteiger partial charge is 0.420 e. The summed E-state index contributed by atoms with van der Waals surface area (Å²) in [5.41, 5.74) is 0.484. The van der Waals surface area contributed by atoms with Crippen molar-refractivity contribution in [2.24, 2.45) is 0 Å². The molecule has 0 aromatic carbocycles. The molecule has 9 nitrogen and oxygen atoms in total. The number of methoxy groups -OCH3 is 1. The van der Waals surface area contributed by atoms with Gasteiger partial charge in [-0.1, -0.05) is 11.6 Å². The van der Waals surface area contributed by atoms with Crippen molar-refractivity contribution < 1.29 is 27.8 Å². The molecule has 0 radical (unpaired) electrons. The number of carbonyl (C=O) groups excluding carboxylic acids is 1. The van der Waals surface area contributed by atoms with Crippen molar-refractivity contribution in [1.29, 1.82) is 0 Å². The summed E-state index contributed by atoms with van der Waals surface area (Å²) in [7, 11) is 1.47. The minimum absolute atomic E-state index is 0.00156. The summed E-state index contributed by atoms with van der Waals surface area (Å²) in [6, 6.07) is 2.96. The molecule has 3 rings (SSSR count). The van der Waals surface area contributed by atoms with Gasteiger partial charge in [0.2, 0.25) is 0 Å². The van der Waals surface area contributed by atoms with E-state index in [4.69, 9.17) is 16.3 Å². The molecule has 0 bridgehead atoms. The highest BCUT2D eigenvalue weighted by molar-refractivity contribution is 6.29. The monoisotopic (exact) mass is 444 g/mol. The number of nitrogens with zero attached hydrogens (tertiary/aromatic N) is 4. The van der Waals surface area contributed by atoms with Crippen molar-refractivity contribution in [2.45, 2.75) is 25.3 Å². The van der Waals surface area contributed by atoms with E-state index in [-0.39, 0.29) is 16.5 Å². The van der Waals surface area contributed by atoms with Gasteiger partial charge < -0.3 is 20.5 Å². The number of rotatable bonds is 5. The Labute approximate surface area is 172 Å². The van der Waals surface area contributed by atoms with Gasteiger partial charge in [-0.3, -0.25) is 4.98 Å². The number of carbonyl (C=O) groups is 1. The third kappa shape index (κ3) is 4.61. The van der Waals surface area contributed by atoms with E-state index in [1.807, 2.05) is 0 Å². The molecule has 1 unspecified atom stereocenters. The Morgan fingerprint density at radius 2 is 2.03 bits per heavy atom. The highest BCUT2D eigenvalue weighted by Crippen LogP contribution is 2.32. The topological polar surface area (TPSA) is 114 Å². The fraction of sp³-hybridized carbons (Fsp3) is 0.294. The van der Waals surface area contributed by atoms with Gasteiger partial charge in [0.1, 0.15) is 0 Å². The number of aromatic nitrogens is 4. The SMILES string of the molecule is CO[C@@H](C)c1c(NC(=O)Nc2ccnc(C(O)C(F)(F)F)c2)cnc2cc(Cl)nn12. The van der Waals surface area contributed by atoms with Crippen LogP contribution in [0.4, 0.5) is 29.3 Å². The van der Waals surface area contributed by atoms with Crippen molar-refractivity contribution in [3.63, 3.8) is 0 Å². The molecule has 3 heterocycles. The predicted molar refractivity (Wildman–Crippen MR) is 101 cm³/mol. The maximum Gasteiger partial charge on any atom is 0.420 e. The molecular formula is C17H16ClF3N6O3. The standard InChI is InChI=1S/C17H16ClF3N6O3/c1-8(30-2)14-11(7-23-13-6-12(18)26-27(13)14)25-16(29)24-9-3-4-22-10(5-9)15(28)17(19,20)21/h3-8,15,28H,1-2H3,(H2,22,24,25,29)/t8-,15?/m0/s1. The molecule has 0 aliphatic heterocycles. The lowest BCUT2D eigenvalue weighted by molar-refractivity contribution is -0.207. The number of hydrogen-bond acceptors (Lipinski definition) is 6. The van der Waals surface area contributed by atoms with Gasteiger partial charge in [-0.15, -0.1) is 0 Å². The average Bonchev–Trinajstić information content (AvgIpc) is 3.06. The molecule has 3 aromatic rings. The van der Waals surface area contributed by atoms with E-state index in [0.29, 0.717) is 11.3 Å². The van der Waals surface area contributed by atoms with Gasteiger partial charge in [-0.2, -0.15) is 18.3 Å². The number of amides is 2. The first-order valence-electron chi connectivity index (χ1n) is 8.46. The number of nitrogens with one attached hydrogen (secondary N) is 2. The van der Waals surface area contributed by atoms with E-state index < -0.39 is 30.1 Å². The number of ether oxygens (including phenoxy) is 1. The lowest BCUT2D eigenvalue weighted by atomic mass is 10.2. The van der Waals surface area contributed by atoms with Crippen molar-refractivity contribution in [1.82, 2.24) is 19.6 Å². The van der Waals surface area contributed by atoms with Crippen molar-refractivity contribution in [3.05, 3.63) is 47.1 Å². The quantitative estimate of drug-likeness (QED) is 0.552. The summed E-state index contributed by atoms with van der Waals surface area (Å²) >= 11 is 5.92. The van der Waals surface area contributed by atoms with Crippen LogP contribution in [0, 0.1) is 0 Å². The molecular weight excluding hydrogens is 429 g/mol. The van der Waals surface area contributed by atoms with Crippen LogP contribution in [0.1, 0.15) is 30.5 Å². The Morgan fingerprint density at radius 1 is 1.30 bits per heavy atom. The molecule has 0 aliphatic carbocycles. The number of aliphatic hydroxyl groups is 1. The average molecular weight is 445 g/mol. The normalized spacial score (nSPS) is 13.8. The lowest BCUT2D eigenvalue weighted by Crippen LogP contribution is -2.23. The van der Waals surface area contributed by atoms with Crippen LogP contribution in [0.25, 0.3) is 5.65 Å². The highest BCUT2D eigenvalue weighted by Gasteiger charge is 2.40. The molecule has 0 fully saturated rings. The first-order valence-corrected chi connectivity index (χ1v) is 8.83. The summed E-state index contributed by atoms with van der Waals surface area (Å²) in [5.74, 6) is 0. The highest BCUT2D eigenvalue weighted by atomic mass is 35.5. The van der Waals surface area contributed by atoms with E-state index in [9.17, 15) is 23.1 Å². The second-order valence-corrected chi connectivity index (χ2v) is 6.55. The first kappa shape index (κ1) is 21.7. The summed E-state index contributed by atoms with van der Waals surface area (Å²) in [6.45, 7) is 1.72. The Balaban J connectivity index is 1.84. The molecule has 13 heteroatoms. The second kappa shape index (κ2) is 8.42. The maximum absolute atomic E-state index is 12.7. The van der Waals surface area contributed by atoms with Gasteiger partial charge in [0.05, 0.1) is 29.4 Å². The molecule has 30 heavy (non-hydrogen) atoms. The molecule has 160 valence electrons. The second-order valence-electron chi connectivity index (χ2n) is 6.16. The zero-order valence-corrected chi connectivity index (χ0v) is 16.4. The van der Waals surface area contributed by atoms with Gasteiger partial charge in [-0.05, 0) is 19.1 Å². The number of anilines is 2. The van der Waals surface area contributed by atoms with Gasteiger partial charge >= 0.3 is 12.2 Å². The van der Waals surface area contributed by atoms with Crippen LogP contribution in [0.15, 0.2) is 30.6 Å².